The van der Waals surface area contributed by atoms with Crippen LogP contribution in [0.3, 0.4) is 0 Å². The number of hydrogen-bond donors (Lipinski definition) is 0. The molecule has 0 amide bonds. The molecule has 1 unspecified atom stereocenters. The Kier molecular flexibility index (Phi) is 5.67. The Labute approximate surface area is 145 Å². The molecule has 1 aliphatic carbocycles. The van der Waals surface area contributed by atoms with Gasteiger partial charge in [0.2, 0.25) is 0 Å². The molecule has 0 heterocycles. The van der Waals surface area contributed by atoms with E-state index in [9.17, 15) is 0 Å². The molecule has 2 aromatic rings. The van der Waals surface area contributed by atoms with Crippen LogP contribution >= 0.6 is 0 Å². The second-order valence-corrected chi connectivity index (χ2v) is 6.09. The van der Waals surface area contributed by atoms with Crippen LogP contribution in [0.5, 0.6) is 5.75 Å². The van der Waals surface area contributed by atoms with Crippen molar-refractivity contribution in [2.75, 3.05) is 6.61 Å². The van der Waals surface area contributed by atoms with Gasteiger partial charge < -0.3 is 0 Å². The van der Waals surface area contributed by atoms with Crippen molar-refractivity contribution >= 4 is 4.57 Å². The second-order valence-electron chi connectivity index (χ2n) is 5.46. The van der Waals surface area contributed by atoms with E-state index in [1.807, 2.05) is 60.7 Å². The molecule has 1 aliphatic rings. The Morgan fingerprint density at radius 1 is 1.04 bits per heavy atom. The van der Waals surface area contributed by atoms with Crippen molar-refractivity contribution in [3.63, 3.8) is 0 Å². The van der Waals surface area contributed by atoms with Gasteiger partial charge in [-0.15, -0.1) is 0 Å². The van der Waals surface area contributed by atoms with Crippen molar-refractivity contribution < 1.29 is 25.3 Å². The number of para-hydroxylation sites is 1. The third-order valence-corrected chi connectivity index (χ3v) is 4.17. The molecule has 0 saturated heterocycles. The Morgan fingerprint density at radius 3 is 2.35 bits per heavy atom. The summed E-state index contributed by atoms with van der Waals surface area (Å²) in [5.74, 6) is 7.71. The molecule has 1 saturated carbocycles. The summed E-state index contributed by atoms with van der Waals surface area (Å²) in [6.07, 6.45) is 2.12. The standard InChI is InChI=1S/C20H18O2.Cr/c1-3-7-17(8-4-1)13-14-20(16-21-15-18-11-12-18)22-19-9-5-2-6-10-19;/h1-10,18,20H,11-12,16H2;. The number of hydrogen-bond acceptors (Lipinski definition) is 2. The number of rotatable bonds is 6. The van der Waals surface area contributed by atoms with Crippen LogP contribution in [0.2, 0.25) is 0 Å². The first-order valence-electron chi connectivity index (χ1n) is 7.76. The van der Waals surface area contributed by atoms with Crippen LogP contribution in [0, 0.1) is 17.8 Å². The normalized spacial score (nSPS) is 14.4. The molecule has 0 spiro atoms. The van der Waals surface area contributed by atoms with Gasteiger partial charge in [-0.2, -0.15) is 0 Å². The van der Waals surface area contributed by atoms with Crippen LogP contribution in [0.1, 0.15) is 18.4 Å². The molecular weight excluding hydrogens is 324 g/mol. The summed E-state index contributed by atoms with van der Waals surface area (Å²) < 4.78 is 12.8. The molecule has 0 bridgehead atoms. The molecular formula is C20H18CrO2. The van der Waals surface area contributed by atoms with Crippen LogP contribution in [0.25, 0.3) is 0 Å². The zero-order chi connectivity index (χ0) is 15.9. The van der Waals surface area contributed by atoms with Crippen LogP contribution < -0.4 is 4.74 Å². The van der Waals surface area contributed by atoms with Gasteiger partial charge in [0, 0.05) is 0 Å². The second kappa shape index (κ2) is 8.14. The first-order valence-corrected chi connectivity index (χ1v) is 8.40. The molecule has 0 aromatic heterocycles. The van der Waals surface area contributed by atoms with Crippen molar-refractivity contribution in [2.24, 2.45) is 5.92 Å². The van der Waals surface area contributed by atoms with Crippen molar-refractivity contribution in [3.8, 4) is 17.6 Å². The Morgan fingerprint density at radius 2 is 1.70 bits per heavy atom. The van der Waals surface area contributed by atoms with Gasteiger partial charge in [0.15, 0.2) is 0 Å². The fraction of sp³-hybridized carbons (Fsp3) is 0.250. The fourth-order valence-electron chi connectivity index (χ4n) is 2.05. The SMILES string of the molecule is [Cr]=[C](OCC(C#Cc1ccccc1)Oc1ccccc1)C1CC1. The van der Waals surface area contributed by atoms with Crippen molar-refractivity contribution in [3.05, 3.63) is 66.2 Å². The summed E-state index contributed by atoms with van der Waals surface area (Å²) in [5.41, 5.74) is 0.976. The van der Waals surface area contributed by atoms with Gasteiger partial charge in [0.1, 0.15) is 0 Å². The first-order chi connectivity index (χ1) is 11.3. The van der Waals surface area contributed by atoms with E-state index in [0.717, 1.165) is 15.9 Å². The van der Waals surface area contributed by atoms with E-state index in [4.69, 9.17) is 9.47 Å². The van der Waals surface area contributed by atoms with E-state index in [2.05, 4.69) is 27.7 Å². The van der Waals surface area contributed by atoms with E-state index in [0.29, 0.717) is 12.5 Å². The van der Waals surface area contributed by atoms with Crippen molar-refractivity contribution in [1.29, 1.82) is 0 Å². The quantitative estimate of drug-likeness (QED) is 0.747. The third kappa shape index (κ3) is 5.38. The van der Waals surface area contributed by atoms with Crippen LogP contribution in [-0.4, -0.2) is 17.3 Å². The van der Waals surface area contributed by atoms with Gasteiger partial charge in [0.25, 0.3) is 0 Å². The molecule has 116 valence electrons. The van der Waals surface area contributed by atoms with E-state index in [1.165, 1.54) is 12.8 Å². The predicted molar refractivity (Wildman–Crippen MR) is 87.9 cm³/mol. The molecule has 0 radical (unpaired) electrons. The fourth-order valence-corrected chi connectivity index (χ4v) is 2.52. The summed E-state index contributed by atoms with van der Waals surface area (Å²) in [4.78, 5) is 0. The summed E-state index contributed by atoms with van der Waals surface area (Å²) in [7, 11) is 0. The molecule has 3 rings (SSSR count). The Bertz CT molecular complexity index is 697. The van der Waals surface area contributed by atoms with Crippen LogP contribution in [0.15, 0.2) is 60.7 Å². The van der Waals surface area contributed by atoms with Gasteiger partial charge in [-0.05, 0) is 0 Å². The molecule has 1 atom stereocenters. The summed E-state index contributed by atoms with van der Waals surface area (Å²) >= 11 is 3.02. The minimum absolute atomic E-state index is 0.306. The Balaban J connectivity index is 1.67. The summed E-state index contributed by atoms with van der Waals surface area (Å²) in [5, 5.41) is 0. The average molecular weight is 342 g/mol. The molecule has 0 N–H and O–H groups in total. The van der Waals surface area contributed by atoms with Gasteiger partial charge >= 0.3 is 145 Å². The van der Waals surface area contributed by atoms with E-state index >= 15 is 0 Å². The van der Waals surface area contributed by atoms with Gasteiger partial charge in [-0.1, -0.05) is 0 Å². The number of ether oxygens (including phenoxy) is 2. The van der Waals surface area contributed by atoms with Gasteiger partial charge in [-0.3, -0.25) is 0 Å². The predicted octanol–water partition coefficient (Wildman–Crippen LogP) is 3.59. The molecule has 23 heavy (non-hydrogen) atoms. The van der Waals surface area contributed by atoms with Crippen molar-refractivity contribution in [2.45, 2.75) is 18.9 Å². The van der Waals surface area contributed by atoms with Crippen LogP contribution in [-0.2, 0) is 20.6 Å². The minimum atomic E-state index is -0.306. The third-order valence-electron chi connectivity index (χ3n) is 3.46. The van der Waals surface area contributed by atoms with Crippen molar-refractivity contribution in [1.82, 2.24) is 0 Å². The summed E-state index contributed by atoms with van der Waals surface area (Å²) in [6, 6.07) is 19.7. The summed E-state index contributed by atoms with van der Waals surface area (Å²) in [6.45, 7) is 0.424. The molecule has 1 fully saturated rings. The zero-order valence-corrected chi connectivity index (χ0v) is 14.0. The monoisotopic (exact) mass is 342 g/mol. The molecule has 3 heteroatoms. The average Bonchev–Trinajstić information content (AvgIpc) is 3.44. The van der Waals surface area contributed by atoms with Crippen LogP contribution in [0.4, 0.5) is 0 Å². The molecule has 2 aromatic carbocycles. The van der Waals surface area contributed by atoms with Gasteiger partial charge in [0.05, 0.1) is 0 Å². The topological polar surface area (TPSA) is 18.5 Å². The molecule has 0 aliphatic heterocycles. The Hall–Kier alpha value is -1.84. The van der Waals surface area contributed by atoms with E-state index in [1.54, 1.807) is 0 Å². The van der Waals surface area contributed by atoms with Gasteiger partial charge in [-0.25, -0.2) is 0 Å². The first kappa shape index (κ1) is 16.0. The maximum absolute atomic E-state index is 5.96. The molecule has 2 nitrogen and oxygen atoms in total. The van der Waals surface area contributed by atoms with E-state index in [-0.39, 0.29) is 6.10 Å². The van der Waals surface area contributed by atoms with E-state index < -0.39 is 0 Å². The zero-order valence-electron chi connectivity index (χ0n) is 12.8. The number of benzene rings is 2. The maximum atomic E-state index is 5.96.